The highest BCUT2D eigenvalue weighted by Gasteiger charge is 2.14. The predicted octanol–water partition coefficient (Wildman–Crippen LogP) is 5.64. The summed E-state index contributed by atoms with van der Waals surface area (Å²) in [5, 5.41) is 0.663. The van der Waals surface area contributed by atoms with Gasteiger partial charge in [-0.2, -0.15) is 4.37 Å². The van der Waals surface area contributed by atoms with Crippen molar-refractivity contribution in [1.82, 2.24) is 13.9 Å². The molecule has 4 nitrogen and oxygen atoms in total. The normalized spacial score (nSPS) is 12.1. The highest BCUT2D eigenvalue weighted by atomic mass is 35.5. The summed E-state index contributed by atoms with van der Waals surface area (Å²) in [6, 6.07) is 7.39. The van der Waals surface area contributed by atoms with Crippen LogP contribution in [0.5, 0.6) is 0 Å². The maximum Gasteiger partial charge on any atom is 0.272 e. The average Bonchev–Trinajstić information content (AvgIpc) is 3.11. The number of nitrogens with zero attached hydrogens (tertiary/aromatic N) is 3. The zero-order chi connectivity index (χ0) is 19.2. The number of aromatic nitrogens is 3. The first-order valence-corrected chi connectivity index (χ1v) is 9.84. The number of benzene rings is 1. The first-order valence-electron chi connectivity index (χ1n) is 8.69. The first kappa shape index (κ1) is 19.3. The van der Waals surface area contributed by atoms with Crippen LogP contribution in [0.4, 0.5) is 0 Å². The predicted molar refractivity (Wildman–Crippen MR) is 114 cm³/mol. The van der Waals surface area contributed by atoms with Gasteiger partial charge >= 0.3 is 0 Å². The fourth-order valence-corrected chi connectivity index (χ4v) is 3.67. The Hall–Kier alpha value is -2.50. The summed E-state index contributed by atoms with van der Waals surface area (Å²) in [6.07, 6.45) is 11.2. The van der Waals surface area contributed by atoms with E-state index in [1.54, 1.807) is 10.9 Å². The molecule has 0 unspecified atom stereocenters. The number of rotatable bonds is 7. The number of hydrogen-bond donors (Lipinski definition) is 0. The number of aryl methyl sites for hydroxylation is 1. The summed E-state index contributed by atoms with van der Waals surface area (Å²) in [5.74, 6) is 0. The molecular weight excluding hydrogens is 378 g/mol. The fraction of sp³-hybridized carbons (Fsp3) is 0.190. The lowest BCUT2D eigenvalue weighted by molar-refractivity contribution is 0.619. The van der Waals surface area contributed by atoms with Gasteiger partial charge in [0.2, 0.25) is 0 Å². The number of allylic oxidation sites excluding steroid dienone is 5. The Bertz CT molecular complexity index is 1060. The Morgan fingerprint density at radius 3 is 2.81 bits per heavy atom. The minimum absolute atomic E-state index is 0.0460. The number of halogens is 1. The maximum atomic E-state index is 12.8. The molecule has 0 amide bonds. The van der Waals surface area contributed by atoms with Gasteiger partial charge in [0.1, 0.15) is 15.9 Å². The van der Waals surface area contributed by atoms with Gasteiger partial charge in [-0.25, -0.2) is 4.98 Å². The van der Waals surface area contributed by atoms with Crippen LogP contribution in [-0.2, 0) is 6.54 Å². The third-order valence-corrected chi connectivity index (χ3v) is 5.27. The highest BCUT2D eigenvalue weighted by molar-refractivity contribution is 7.13. The van der Waals surface area contributed by atoms with Crippen LogP contribution in [0.1, 0.15) is 19.8 Å². The van der Waals surface area contributed by atoms with E-state index >= 15 is 0 Å². The minimum atomic E-state index is -0.0460. The van der Waals surface area contributed by atoms with Gasteiger partial charge in [-0.05, 0) is 49.0 Å². The second kappa shape index (κ2) is 8.93. The van der Waals surface area contributed by atoms with Gasteiger partial charge in [0.15, 0.2) is 0 Å². The van der Waals surface area contributed by atoms with Crippen LogP contribution in [0.25, 0.3) is 21.5 Å². The van der Waals surface area contributed by atoms with E-state index in [9.17, 15) is 4.79 Å². The summed E-state index contributed by atoms with van der Waals surface area (Å²) in [6.45, 7) is 6.42. The Labute approximate surface area is 167 Å². The van der Waals surface area contributed by atoms with E-state index in [0.717, 1.165) is 29.7 Å². The molecular formula is C21H20ClN3OS. The van der Waals surface area contributed by atoms with Crippen molar-refractivity contribution < 1.29 is 0 Å². The molecule has 0 saturated carbocycles. The van der Waals surface area contributed by atoms with E-state index < -0.39 is 0 Å². The summed E-state index contributed by atoms with van der Waals surface area (Å²) >= 11 is 7.14. The molecule has 138 valence electrons. The molecule has 3 rings (SSSR count). The van der Waals surface area contributed by atoms with Crippen LogP contribution >= 0.6 is 23.1 Å². The monoisotopic (exact) mass is 397 g/mol. The molecule has 0 bridgehead atoms. The van der Waals surface area contributed by atoms with Crippen LogP contribution in [-0.4, -0.2) is 13.9 Å². The number of hydrogen-bond acceptors (Lipinski definition) is 4. The molecule has 2 heterocycles. The lowest BCUT2D eigenvalue weighted by atomic mass is 10.1. The van der Waals surface area contributed by atoms with E-state index in [1.807, 2.05) is 55.5 Å². The van der Waals surface area contributed by atoms with E-state index in [0.29, 0.717) is 21.8 Å². The summed E-state index contributed by atoms with van der Waals surface area (Å²) in [4.78, 5) is 17.3. The lowest BCUT2D eigenvalue weighted by Crippen LogP contribution is -2.19. The van der Waals surface area contributed by atoms with Gasteiger partial charge in [-0.1, -0.05) is 54.6 Å². The topological polar surface area (TPSA) is 47.8 Å². The maximum absolute atomic E-state index is 12.8. The first-order chi connectivity index (χ1) is 13.1. The summed E-state index contributed by atoms with van der Waals surface area (Å²) in [7, 11) is 0. The van der Waals surface area contributed by atoms with Crippen LogP contribution < -0.4 is 5.56 Å². The zero-order valence-corrected chi connectivity index (χ0v) is 16.6. The molecule has 0 aliphatic carbocycles. The van der Waals surface area contributed by atoms with Crippen LogP contribution in [0.3, 0.4) is 0 Å². The van der Waals surface area contributed by atoms with Crippen molar-refractivity contribution >= 4 is 33.4 Å². The van der Waals surface area contributed by atoms with Crippen LogP contribution in [0.15, 0.2) is 71.8 Å². The Morgan fingerprint density at radius 2 is 2.11 bits per heavy atom. The van der Waals surface area contributed by atoms with Crippen molar-refractivity contribution in [3.63, 3.8) is 0 Å². The van der Waals surface area contributed by atoms with Gasteiger partial charge in [0, 0.05) is 17.1 Å². The molecule has 0 N–H and O–H groups in total. The molecule has 2 aromatic heterocycles. The van der Waals surface area contributed by atoms with Gasteiger partial charge in [-0.15, -0.1) is 0 Å². The van der Waals surface area contributed by atoms with Crippen molar-refractivity contribution in [3.05, 3.63) is 82.4 Å². The summed E-state index contributed by atoms with van der Waals surface area (Å²) < 4.78 is 6.68. The number of fused-ring (bicyclic) bond motifs is 1. The van der Waals surface area contributed by atoms with Gasteiger partial charge in [0.05, 0.1) is 6.33 Å². The molecule has 0 radical (unpaired) electrons. The van der Waals surface area contributed by atoms with Gasteiger partial charge in [0.25, 0.3) is 5.56 Å². The van der Waals surface area contributed by atoms with Gasteiger partial charge in [-0.3, -0.25) is 9.36 Å². The third-order valence-electron chi connectivity index (χ3n) is 4.20. The van der Waals surface area contributed by atoms with Crippen LogP contribution in [0, 0.1) is 0 Å². The second-order valence-corrected chi connectivity index (χ2v) is 7.24. The smallest absolute Gasteiger partial charge is 0.272 e. The van der Waals surface area contributed by atoms with Crippen molar-refractivity contribution in [2.75, 3.05) is 0 Å². The summed E-state index contributed by atoms with van der Waals surface area (Å²) in [5.41, 5.74) is 3.37. The van der Waals surface area contributed by atoms with E-state index in [-0.39, 0.29) is 5.56 Å². The lowest BCUT2D eigenvalue weighted by Gasteiger charge is -2.06. The molecule has 27 heavy (non-hydrogen) atoms. The largest absolute Gasteiger partial charge is 0.298 e. The SMILES string of the molecule is C=C/C(=C\C=C/C)CCCn1cnc2c(-c3ccc(Cl)cc3)nsc2c1=O. The molecule has 3 aromatic rings. The molecule has 1 aromatic carbocycles. The Balaban J connectivity index is 1.81. The third kappa shape index (κ3) is 4.43. The molecule has 6 heteroatoms. The van der Waals surface area contributed by atoms with Crippen molar-refractivity contribution in [3.8, 4) is 11.3 Å². The average molecular weight is 398 g/mol. The molecule has 0 atom stereocenters. The Morgan fingerprint density at radius 1 is 1.33 bits per heavy atom. The van der Waals surface area contributed by atoms with E-state index in [1.165, 1.54) is 11.5 Å². The molecule has 0 saturated heterocycles. The highest BCUT2D eigenvalue weighted by Crippen LogP contribution is 2.28. The second-order valence-electron chi connectivity index (χ2n) is 6.03. The molecule has 0 fully saturated rings. The molecule has 0 aliphatic rings. The molecule has 0 aliphatic heterocycles. The van der Waals surface area contributed by atoms with Crippen molar-refractivity contribution in [2.45, 2.75) is 26.3 Å². The zero-order valence-electron chi connectivity index (χ0n) is 15.1. The standard InChI is InChI=1S/C21H20ClN3OS/c1-3-5-7-15(4-2)8-6-13-25-14-23-19-18(24-27-20(19)21(25)26)16-9-11-17(22)12-10-16/h3-5,7,9-12,14H,2,6,8,13H2,1H3/b5-3-,15-7+. The fourth-order valence-electron chi connectivity index (χ4n) is 2.74. The van der Waals surface area contributed by atoms with Crippen LogP contribution in [0.2, 0.25) is 5.02 Å². The molecule has 0 spiro atoms. The van der Waals surface area contributed by atoms with E-state index in [4.69, 9.17) is 11.6 Å². The van der Waals surface area contributed by atoms with Gasteiger partial charge < -0.3 is 0 Å². The van der Waals surface area contributed by atoms with Crippen molar-refractivity contribution in [1.29, 1.82) is 0 Å². The minimum Gasteiger partial charge on any atom is -0.298 e. The quantitative estimate of drug-likeness (QED) is 0.484. The van der Waals surface area contributed by atoms with Crippen molar-refractivity contribution in [2.24, 2.45) is 0 Å². The van der Waals surface area contributed by atoms with E-state index in [2.05, 4.69) is 15.9 Å². The Kier molecular flexibility index (Phi) is 6.37.